The zero-order chi connectivity index (χ0) is 13.9. The summed E-state index contributed by atoms with van der Waals surface area (Å²) in [7, 11) is 0. The number of benzene rings is 1. The van der Waals surface area contributed by atoms with Crippen molar-refractivity contribution in [2.45, 2.75) is 19.0 Å². The Morgan fingerprint density at radius 2 is 1.75 bits per heavy atom. The van der Waals surface area contributed by atoms with Gasteiger partial charge in [-0.2, -0.15) is 0 Å². The van der Waals surface area contributed by atoms with Crippen molar-refractivity contribution >= 4 is 23.2 Å². The van der Waals surface area contributed by atoms with E-state index in [1.165, 1.54) is 31.6 Å². The number of nitrogens with one attached hydrogen (secondary N) is 1. The van der Waals surface area contributed by atoms with Crippen LogP contribution in [0.15, 0.2) is 18.2 Å². The van der Waals surface area contributed by atoms with Gasteiger partial charge in [-0.15, -0.1) is 0 Å². The Labute approximate surface area is 130 Å². The van der Waals surface area contributed by atoms with Crippen LogP contribution in [-0.2, 0) is 6.54 Å². The first-order valence-electron chi connectivity index (χ1n) is 7.33. The summed E-state index contributed by atoms with van der Waals surface area (Å²) < 4.78 is 0. The molecule has 2 fully saturated rings. The summed E-state index contributed by atoms with van der Waals surface area (Å²) >= 11 is 12.1. The van der Waals surface area contributed by atoms with Crippen molar-refractivity contribution in [3.05, 3.63) is 33.8 Å². The lowest BCUT2D eigenvalue weighted by atomic mass is 10.1. The molecule has 2 heterocycles. The molecule has 5 heteroatoms. The summed E-state index contributed by atoms with van der Waals surface area (Å²) in [4.78, 5) is 5.11. The van der Waals surface area contributed by atoms with Crippen LogP contribution in [0.5, 0.6) is 0 Å². The quantitative estimate of drug-likeness (QED) is 0.925. The molecule has 1 atom stereocenters. The van der Waals surface area contributed by atoms with Crippen LogP contribution in [0, 0.1) is 0 Å². The Kier molecular flexibility index (Phi) is 4.84. The van der Waals surface area contributed by atoms with E-state index in [0.29, 0.717) is 0 Å². The molecule has 2 aliphatic rings. The van der Waals surface area contributed by atoms with Crippen molar-refractivity contribution in [1.82, 2.24) is 15.1 Å². The maximum absolute atomic E-state index is 6.06. The van der Waals surface area contributed by atoms with E-state index in [9.17, 15) is 0 Å². The molecule has 0 bridgehead atoms. The van der Waals surface area contributed by atoms with E-state index in [1.54, 1.807) is 6.07 Å². The van der Waals surface area contributed by atoms with Crippen LogP contribution >= 0.6 is 23.2 Å². The molecule has 3 rings (SSSR count). The molecule has 0 radical (unpaired) electrons. The van der Waals surface area contributed by atoms with Gasteiger partial charge in [0, 0.05) is 55.4 Å². The van der Waals surface area contributed by atoms with Crippen LogP contribution in [-0.4, -0.2) is 55.1 Å². The molecule has 1 aromatic carbocycles. The van der Waals surface area contributed by atoms with Crippen LogP contribution in [0.4, 0.5) is 0 Å². The highest BCUT2D eigenvalue weighted by Gasteiger charge is 2.25. The molecule has 2 saturated heterocycles. The van der Waals surface area contributed by atoms with Crippen molar-refractivity contribution in [2.75, 3.05) is 39.3 Å². The molecule has 2 aliphatic heterocycles. The van der Waals surface area contributed by atoms with Gasteiger partial charge < -0.3 is 5.32 Å². The Balaban J connectivity index is 1.53. The molecule has 0 aliphatic carbocycles. The second kappa shape index (κ2) is 6.63. The molecular weight excluding hydrogens is 293 g/mol. The van der Waals surface area contributed by atoms with Crippen LogP contribution in [0.25, 0.3) is 0 Å². The van der Waals surface area contributed by atoms with E-state index >= 15 is 0 Å². The second-order valence-electron chi connectivity index (χ2n) is 5.74. The minimum atomic E-state index is 0.725. The summed E-state index contributed by atoms with van der Waals surface area (Å²) in [5.74, 6) is 0. The average Bonchev–Trinajstić information content (AvgIpc) is 2.92. The number of halogens is 2. The van der Waals surface area contributed by atoms with Gasteiger partial charge in [-0.1, -0.05) is 23.2 Å². The fraction of sp³-hybridized carbons (Fsp3) is 0.600. The summed E-state index contributed by atoms with van der Waals surface area (Å²) in [5.41, 5.74) is 1.21. The van der Waals surface area contributed by atoms with Crippen LogP contribution in [0.2, 0.25) is 10.0 Å². The first-order valence-corrected chi connectivity index (χ1v) is 8.08. The first kappa shape index (κ1) is 14.6. The molecule has 0 spiro atoms. The Bertz CT molecular complexity index is 432. The Morgan fingerprint density at radius 3 is 2.35 bits per heavy atom. The van der Waals surface area contributed by atoms with E-state index < -0.39 is 0 Å². The molecule has 1 aromatic rings. The fourth-order valence-electron chi connectivity index (χ4n) is 3.20. The van der Waals surface area contributed by atoms with Crippen molar-refractivity contribution in [3.63, 3.8) is 0 Å². The molecule has 1 N–H and O–H groups in total. The average molecular weight is 314 g/mol. The van der Waals surface area contributed by atoms with Crippen LogP contribution in [0.3, 0.4) is 0 Å². The predicted octanol–water partition coefficient (Wildman–Crippen LogP) is 2.47. The number of hydrogen-bond acceptors (Lipinski definition) is 3. The largest absolute Gasteiger partial charge is 0.315 e. The van der Waals surface area contributed by atoms with E-state index in [0.717, 1.165) is 42.3 Å². The van der Waals surface area contributed by atoms with Gasteiger partial charge in [0.15, 0.2) is 0 Å². The molecular formula is C15H21Cl2N3. The lowest BCUT2D eigenvalue weighted by Gasteiger charge is -2.37. The molecule has 0 amide bonds. The van der Waals surface area contributed by atoms with Crippen molar-refractivity contribution in [1.29, 1.82) is 0 Å². The SMILES string of the molecule is Clc1cc(Cl)cc(CN2CCN(C3CCNC3)CC2)c1. The van der Waals surface area contributed by atoms with E-state index in [1.807, 2.05) is 12.1 Å². The topological polar surface area (TPSA) is 18.5 Å². The van der Waals surface area contributed by atoms with E-state index in [-0.39, 0.29) is 0 Å². The summed E-state index contributed by atoms with van der Waals surface area (Å²) in [6.45, 7) is 7.86. The zero-order valence-electron chi connectivity index (χ0n) is 11.6. The number of piperazine rings is 1. The van der Waals surface area contributed by atoms with Crippen molar-refractivity contribution in [2.24, 2.45) is 0 Å². The normalized spacial score (nSPS) is 25.2. The van der Waals surface area contributed by atoms with Gasteiger partial charge >= 0.3 is 0 Å². The summed E-state index contributed by atoms with van der Waals surface area (Å²) in [5, 5.41) is 4.90. The van der Waals surface area contributed by atoms with Gasteiger partial charge in [-0.25, -0.2) is 0 Å². The van der Waals surface area contributed by atoms with E-state index in [2.05, 4.69) is 15.1 Å². The van der Waals surface area contributed by atoms with Gasteiger partial charge in [0.2, 0.25) is 0 Å². The molecule has 20 heavy (non-hydrogen) atoms. The van der Waals surface area contributed by atoms with Gasteiger partial charge in [-0.3, -0.25) is 9.80 Å². The van der Waals surface area contributed by atoms with Gasteiger partial charge in [0.05, 0.1) is 0 Å². The maximum Gasteiger partial charge on any atom is 0.0424 e. The zero-order valence-corrected chi connectivity index (χ0v) is 13.1. The number of rotatable bonds is 3. The van der Waals surface area contributed by atoms with Crippen LogP contribution < -0.4 is 5.32 Å². The fourth-order valence-corrected chi connectivity index (χ4v) is 3.77. The highest BCUT2D eigenvalue weighted by Crippen LogP contribution is 2.21. The Hall–Kier alpha value is -0.320. The van der Waals surface area contributed by atoms with Crippen molar-refractivity contribution < 1.29 is 0 Å². The van der Waals surface area contributed by atoms with Crippen LogP contribution in [0.1, 0.15) is 12.0 Å². The molecule has 110 valence electrons. The summed E-state index contributed by atoms with van der Waals surface area (Å²) in [6, 6.07) is 6.57. The van der Waals surface area contributed by atoms with E-state index in [4.69, 9.17) is 23.2 Å². The second-order valence-corrected chi connectivity index (χ2v) is 6.61. The minimum absolute atomic E-state index is 0.725. The lowest BCUT2D eigenvalue weighted by Crippen LogP contribution is -2.50. The molecule has 0 saturated carbocycles. The minimum Gasteiger partial charge on any atom is -0.315 e. The third kappa shape index (κ3) is 3.66. The Morgan fingerprint density at radius 1 is 1.05 bits per heavy atom. The van der Waals surface area contributed by atoms with Crippen molar-refractivity contribution in [3.8, 4) is 0 Å². The molecule has 3 nitrogen and oxygen atoms in total. The smallest absolute Gasteiger partial charge is 0.0424 e. The van der Waals surface area contributed by atoms with Gasteiger partial charge in [0.1, 0.15) is 0 Å². The van der Waals surface area contributed by atoms with Gasteiger partial charge in [-0.05, 0) is 36.7 Å². The highest BCUT2D eigenvalue weighted by molar-refractivity contribution is 6.34. The number of nitrogens with zero attached hydrogens (tertiary/aromatic N) is 2. The predicted molar refractivity (Wildman–Crippen MR) is 84.6 cm³/mol. The monoisotopic (exact) mass is 313 g/mol. The highest BCUT2D eigenvalue weighted by atomic mass is 35.5. The molecule has 0 aromatic heterocycles. The standard InChI is InChI=1S/C15H21Cl2N3/c16-13-7-12(8-14(17)9-13)11-19-3-5-20(6-4-19)15-1-2-18-10-15/h7-9,15,18H,1-6,10-11H2. The third-order valence-corrected chi connectivity index (χ3v) is 4.72. The third-order valence-electron chi connectivity index (χ3n) is 4.29. The first-order chi connectivity index (χ1) is 9.70. The lowest BCUT2D eigenvalue weighted by molar-refractivity contribution is 0.0981. The number of hydrogen-bond donors (Lipinski definition) is 1. The summed E-state index contributed by atoms with van der Waals surface area (Å²) in [6.07, 6.45) is 1.30. The maximum atomic E-state index is 6.06. The molecule has 1 unspecified atom stereocenters. The van der Waals surface area contributed by atoms with Gasteiger partial charge in [0.25, 0.3) is 0 Å².